The van der Waals surface area contributed by atoms with Crippen LogP contribution in [-0.2, 0) is 9.53 Å². The van der Waals surface area contributed by atoms with Crippen LogP contribution in [-0.4, -0.2) is 46.6 Å². The van der Waals surface area contributed by atoms with E-state index in [9.17, 15) is 9.59 Å². The number of carbonyl (C=O) groups is 2. The van der Waals surface area contributed by atoms with Crippen LogP contribution in [0.3, 0.4) is 0 Å². The van der Waals surface area contributed by atoms with Gasteiger partial charge < -0.3 is 19.9 Å². The van der Waals surface area contributed by atoms with Crippen LogP contribution in [0.1, 0.15) is 39.1 Å². The van der Waals surface area contributed by atoms with E-state index in [-0.39, 0.29) is 17.9 Å². The van der Waals surface area contributed by atoms with E-state index in [1.165, 1.54) is 7.11 Å². The lowest BCUT2D eigenvalue weighted by Crippen LogP contribution is -2.51. The summed E-state index contributed by atoms with van der Waals surface area (Å²) in [5, 5.41) is 2.64. The van der Waals surface area contributed by atoms with Gasteiger partial charge in [0.05, 0.1) is 19.3 Å². The van der Waals surface area contributed by atoms with Gasteiger partial charge >= 0.3 is 6.09 Å². The van der Waals surface area contributed by atoms with Gasteiger partial charge in [0, 0.05) is 6.54 Å². The number of hydrogen-bond acceptors (Lipinski definition) is 4. The molecule has 8 heteroatoms. The second-order valence-electron chi connectivity index (χ2n) is 6.32. The average molecular weight is 387 g/mol. The number of aromatic nitrogens is 2. The Labute approximate surface area is 144 Å². The summed E-state index contributed by atoms with van der Waals surface area (Å²) in [5.74, 6) is 0.989. The van der Waals surface area contributed by atoms with Crippen molar-refractivity contribution in [3.63, 3.8) is 0 Å². The topological polar surface area (TPSA) is 87.3 Å². The normalized spacial score (nSPS) is 22.3. The zero-order valence-corrected chi connectivity index (χ0v) is 15.4. The average Bonchev–Trinajstić information content (AvgIpc) is 3.09. The van der Waals surface area contributed by atoms with Gasteiger partial charge in [0.2, 0.25) is 5.91 Å². The molecule has 1 aromatic heterocycles. The number of H-pyrrole nitrogens is 1. The Bertz CT molecular complexity index is 575. The lowest BCUT2D eigenvalue weighted by atomic mass is 10.0. The van der Waals surface area contributed by atoms with Crippen LogP contribution >= 0.6 is 15.9 Å². The number of carbonyl (C=O) groups excluding carboxylic acids is 2. The maximum atomic E-state index is 13.0. The summed E-state index contributed by atoms with van der Waals surface area (Å²) >= 11 is 3.35. The molecule has 2 rings (SSSR count). The highest BCUT2D eigenvalue weighted by atomic mass is 79.9. The number of halogens is 1. The minimum absolute atomic E-state index is 0.0403. The number of nitrogens with zero attached hydrogens (tertiary/aromatic N) is 2. The zero-order valence-electron chi connectivity index (χ0n) is 13.8. The number of hydrogen-bond donors (Lipinski definition) is 2. The highest BCUT2D eigenvalue weighted by Crippen LogP contribution is 2.35. The fraction of sp³-hybridized carbons (Fsp3) is 0.667. The number of ether oxygens (including phenoxy) is 1. The molecular weight excluding hydrogens is 364 g/mol. The molecule has 1 aliphatic rings. The quantitative estimate of drug-likeness (QED) is 0.831. The maximum absolute atomic E-state index is 13.0. The van der Waals surface area contributed by atoms with Crippen LogP contribution in [0.5, 0.6) is 0 Å². The molecule has 1 aromatic rings. The molecule has 0 saturated carbocycles. The van der Waals surface area contributed by atoms with Gasteiger partial charge in [-0.25, -0.2) is 9.78 Å². The van der Waals surface area contributed by atoms with Crippen molar-refractivity contribution in [2.75, 3.05) is 13.7 Å². The number of rotatable bonds is 4. The highest BCUT2D eigenvalue weighted by Gasteiger charge is 2.39. The van der Waals surface area contributed by atoms with E-state index in [0.29, 0.717) is 12.5 Å². The number of imidazole rings is 1. The van der Waals surface area contributed by atoms with E-state index in [1.807, 2.05) is 13.8 Å². The predicted molar refractivity (Wildman–Crippen MR) is 88.7 cm³/mol. The summed E-state index contributed by atoms with van der Waals surface area (Å²) in [7, 11) is 1.29. The minimum atomic E-state index is -0.617. The largest absolute Gasteiger partial charge is 0.453 e. The third-order valence-electron chi connectivity index (χ3n) is 4.06. The number of nitrogens with one attached hydrogen (secondary N) is 2. The minimum Gasteiger partial charge on any atom is -0.453 e. The molecule has 2 amide bonds. The standard InChI is InChI=1S/C15H23BrN4O3/c1-8(2)12(19-15(22)23-4)14(21)20-7-9(3)5-10(20)13-17-6-11(16)18-13/h6,8-10,12H,5,7H2,1-4H3,(H,17,18)(H,19,22)/t9-,10-,12-/m0/s1. The van der Waals surface area contributed by atoms with E-state index < -0.39 is 12.1 Å². The highest BCUT2D eigenvalue weighted by molar-refractivity contribution is 9.10. The van der Waals surface area contributed by atoms with E-state index in [4.69, 9.17) is 0 Å². The smallest absolute Gasteiger partial charge is 0.407 e. The van der Waals surface area contributed by atoms with Crippen molar-refractivity contribution < 1.29 is 14.3 Å². The van der Waals surface area contributed by atoms with Gasteiger partial charge in [-0.05, 0) is 34.2 Å². The van der Waals surface area contributed by atoms with Crippen LogP contribution in [0.25, 0.3) is 0 Å². The Morgan fingerprint density at radius 1 is 1.52 bits per heavy atom. The Balaban J connectivity index is 2.21. The summed E-state index contributed by atoms with van der Waals surface area (Å²) in [4.78, 5) is 33.8. The van der Waals surface area contributed by atoms with Crippen molar-refractivity contribution in [2.45, 2.75) is 39.3 Å². The molecule has 0 bridgehead atoms. The van der Waals surface area contributed by atoms with Crippen molar-refractivity contribution in [1.82, 2.24) is 20.2 Å². The molecule has 3 atom stereocenters. The van der Waals surface area contributed by atoms with Gasteiger partial charge in [0.1, 0.15) is 16.5 Å². The van der Waals surface area contributed by atoms with Gasteiger partial charge in [-0.15, -0.1) is 0 Å². The molecule has 2 N–H and O–H groups in total. The number of aromatic amines is 1. The summed E-state index contributed by atoms with van der Waals surface area (Å²) in [6.07, 6.45) is 1.93. The maximum Gasteiger partial charge on any atom is 0.407 e. The first kappa shape index (κ1) is 17.8. The van der Waals surface area contributed by atoms with Gasteiger partial charge in [0.15, 0.2) is 0 Å². The lowest BCUT2D eigenvalue weighted by Gasteiger charge is -2.30. The van der Waals surface area contributed by atoms with Crippen LogP contribution in [0.2, 0.25) is 0 Å². The number of amides is 2. The summed E-state index contributed by atoms with van der Waals surface area (Å²) < 4.78 is 5.42. The Morgan fingerprint density at radius 3 is 2.74 bits per heavy atom. The first-order valence-electron chi connectivity index (χ1n) is 7.68. The van der Waals surface area contributed by atoms with Crippen molar-refractivity contribution in [3.05, 3.63) is 16.6 Å². The van der Waals surface area contributed by atoms with Crippen molar-refractivity contribution in [2.24, 2.45) is 11.8 Å². The monoisotopic (exact) mass is 386 g/mol. The molecule has 1 aliphatic heterocycles. The first-order valence-corrected chi connectivity index (χ1v) is 8.48. The van der Waals surface area contributed by atoms with Crippen LogP contribution < -0.4 is 5.32 Å². The van der Waals surface area contributed by atoms with Gasteiger partial charge in [-0.1, -0.05) is 20.8 Å². The van der Waals surface area contributed by atoms with E-state index >= 15 is 0 Å². The fourth-order valence-corrected chi connectivity index (χ4v) is 3.21. The molecule has 0 aromatic carbocycles. The number of methoxy groups -OCH3 is 1. The van der Waals surface area contributed by atoms with Crippen molar-refractivity contribution >= 4 is 27.9 Å². The lowest BCUT2D eigenvalue weighted by molar-refractivity contribution is -0.135. The molecule has 7 nitrogen and oxygen atoms in total. The zero-order chi connectivity index (χ0) is 17.1. The molecule has 2 heterocycles. The molecule has 1 fully saturated rings. The van der Waals surface area contributed by atoms with Gasteiger partial charge in [-0.2, -0.15) is 0 Å². The number of likely N-dealkylation sites (tertiary alicyclic amines) is 1. The first-order chi connectivity index (χ1) is 10.8. The van der Waals surface area contributed by atoms with Crippen LogP contribution in [0.15, 0.2) is 10.8 Å². The molecule has 0 unspecified atom stereocenters. The Morgan fingerprint density at radius 2 is 2.22 bits per heavy atom. The summed E-state index contributed by atoms with van der Waals surface area (Å²) in [6.45, 7) is 6.55. The van der Waals surface area contributed by atoms with Crippen LogP contribution in [0, 0.1) is 11.8 Å². The second kappa shape index (κ2) is 7.33. The number of alkyl carbamates (subject to hydrolysis) is 1. The Hall–Kier alpha value is -1.57. The van der Waals surface area contributed by atoms with Crippen LogP contribution in [0.4, 0.5) is 4.79 Å². The molecule has 0 aliphatic carbocycles. The van der Waals surface area contributed by atoms with E-state index in [1.54, 1.807) is 11.1 Å². The molecule has 128 valence electrons. The molecule has 1 saturated heterocycles. The summed E-state index contributed by atoms with van der Waals surface area (Å²) in [5.41, 5.74) is 0. The van der Waals surface area contributed by atoms with Crippen molar-refractivity contribution in [3.8, 4) is 0 Å². The van der Waals surface area contributed by atoms with E-state index in [0.717, 1.165) is 16.8 Å². The second-order valence-corrected chi connectivity index (χ2v) is 7.18. The molecule has 23 heavy (non-hydrogen) atoms. The SMILES string of the molecule is COC(=O)N[C@H](C(=O)N1C[C@@H](C)C[C@H]1c1ncc(Br)[nH]1)C(C)C. The van der Waals surface area contributed by atoms with Crippen molar-refractivity contribution in [1.29, 1.82) is 0 Å². The molecular formula is C15H23BrN4O3. The molecule has 0 spiro atoms. The van der Waals surface area contributed by atoms with Gasteiger partial charge in [0.25, 0.3) is 0 Å². The summed E-state index contributed by atoms with van der Waals surface area (Å²) in [6, 6.07) is -0.724. The fourth-order valence-electron chi connectivity index (χ4n) is 2.91. The molecule has 0 radical (unpaired) electrons. The van der Waals surface area contributed by atoms with E-state index in [2.05, 4.69) is 42.9 Å². The van der Waals surface area contributed by atoms with Gasteiger partial charge in [-0.3, -0.25) is 4.79 Å². The predicted octanol–water partition coefficient (Wildman–Crippen LogP) is 2.46. The Kier molecular flexibility index (Phi) is 5.67. The third-order valence-corrected chi connectivity index (χ3v) is 4.47. The third kappa shape index (κ3) is 4.04.